The van der Waals surface area contributed by atoms with Crippen LogP contribution >= 0.6 is 11.3 Å². The first-order valence-corrected chi connectivity index (χ1v) is 13.0. The molecule has 2 aromatic carbocycles. The van der Waals surface area contributed by atoms with Crippen molar-refractivity contribution in [1.29, 1.82) is 0 Å². The molecule has 0 bridgehead atoms. The molecule has 0 spiro atoms. The van der Waals surface area contributed by atoms with Crippen LogP contribution in [0.2, 0.25) is 0 Å². The molecular weight excluding hydrogens is 548 g/mol. The highest BCUT2D eigenvalue weighted by Crippen LogP contribution is 2.46. The molecule has 12 heteroatoms. The van der Waals surface area contributed by atoms with Gasteiger partial charge < -0.3 is 15.8 Å². The number of pyridine rings is 1. The summed E-state index contributed by atoms with van der Waals surface area (Å²) in [6, 6.07) is 15.2. The third-order valence-electron chi connectivity index (χ3n) is 6.73. The van der Waals surface area contributed by atoms with Crippen molar-refractivity contribution in [3.05, 3.63) is 88.8 Å². The normalized spacial score (nSPS) is 17.1. The van der Waals surface area contributed by atoms with E-state index in [4.69, 9.17) is 10.5 Å². The van der Waals surface area contributed by atoms with Crippen LogP contribution in [-0.2, 0) is 10.2 Å². The van der Waals surface area contributed by atoms with E-state index in [-0.39, 0.29) is 34.9 Å². The fourth-order valence-corrected chi connectivity index (χ4v) is 5.16. The Bertz CT molecular complexity index is 1570. The lowest BCUT2D eigenvalue weighted by Gasteiger charge is -2.24. The van der Waals surface area contributed by atoms with Gasteiger partial charge in [0.1, 0.15) is 45.9 Å². The second-order valence-electron chi connectivity index (χ2n) is 9.47. The fraction of sp³-hybridized carbons (Fsp3) is 0.214. The predicted octanol–water partition coefficient (Wildman–Crippen LogP) is 5.22. The molecule has 4 aromatic rings. The fourth-order valence-electron chi connectivity index (χ4n) is 4.35. The lowest BCUT2D eigenvalue weighted by atomic mass is 9.82. The minimum atomic E-state index is -4.82. The minimum Gasteiger partial charge on any atom is -0.489 e. The van der Waals surface area contributed by atoms with Crippen LogP contribution in [-0.4, -0.2) is 41.1 Å². The molecule has 0 radical (unpaired) electrons. The summed E-state index contributed by atoms with van der Waals surface area (Å²) in [6.07, 6.45) is -4.82. The van der Waals surface area contributed by atoms with Crippen molar-refractivity contribution in [2.45, 2.75) is 24.4 Å². The number of nitrogens with two attached hydrogens (primary N) is 1. The van der Waals surface area contributed by atoms with Crippen LogP contribution in [0.5, 0.6) is 5.75 Å². The molecule has 1 aliphatic heterocycles. The van der Waals surface area contributed by atoms with Gasteiger partial charge in [-0.15, -0.1) is 11.3 Å². The number of carbonyl (C=O) groups is 2. The van der Waals surface area contributed by atoms with Gasteiger partial charge in [0.05, 0.1) is 5.69 Å². The number of primary amides is 1. The highest BCUT2D eigenvalue weighted by molar-refractivity contribution is 7.13. The number of rotatable bonds is 7. The maximum absolute atomic E-state index is 14.4. The number of amides is 2. The Kier molecular flexibility index (Phi) is 7.05. The van der Waals surface area contributed by atoms with Crippen molar-refractivity contribution >= 4 is 23.2 Å². The molecule has 2 amide bonds. The summed E-state index contributed by atoms with van der Waals surface area (Å²) in [6.45, 7) is 0.428. The Balaban J connectivity index is 1.50. The van der Waals surface area contributed by atoms with E-state index in [0.29, 0.717) is 5.01 Å². The maximum Gasteiger partial charge on any atom is 0.398 e. The molecule has 5 rings (SSSR count). The van der Waals surface area contributed by atoms with E-state index in [1.165, 1.54) is 35.8 Å². The summed E-state index contributed by atoms with van der Waals surface area (Å²) in [5.41, 5.74) is 4.91. The lowest BCUT2D eigenvalue weighted by Crippen LogP contribution is -2.40. The molecule has 1 unspecified atom stereocenters. The molecule has 0 saturated carbocycles. The van der Waals surface area contributed by atoms with E-state index in [1.807, 2.05) is 30.3 Å². The van der Waals surface area contributed by atoms with Gasteiger partial charge in [0.25, 0.3) is 5.91 Å². The van der Waals surface area contributed by atoms with Crippen LogP contribution in [0.3, 0.4) is 0 Å². The lowest BCUT2D eigenvalue weighted by molar-refractivity contribution is -0.149. The van der Waals surface area contributed by atoms with E-state index < -0.39 is 47.4 Å². The van der Waals surface area contributed by atoms with Crippen LogP contribution in [0, 0.1) is 5.82 Å². The van der Waals surface area contributed by atoms with Gasteiger partial charge in [0.2, 0.25) is 5.91 Å². The van der Waals surface area contributed by atoms with Crippen molar-refractivity contribution in [2.75, 3.05) is 13.2 Å². The number of fused-ring (bicyclic) bond motifs is 1. The number of hydrogen-bond donors (Lipinski definition) is 2. The summed E-state index contributed by atoms with van der Waals surface area (Å²) >= 11 is 1.19. The predicted molar refractivity (Wildman–Crippen MR) is 140 cm³/mol. The Labute approximate surface area is 230 Å². The molecular formula is C28H22F4N4O3S. The molecule has 2 atom stereocenters. The summed E-state index contributed by atoms with van der Waals surface area (Å²) in [5, 5.41) is 4.34. The maximum atomic E-state index is 14.4. The number of hydrogen-bond acceptors (Lipinski definition) is 6. The van der Waals surface area contributed by atoms with Gasteiger partial charge in [0.15, 0.2) is 0 Å². The van der Waals surface area contributed by atoms with Crippen molar-refractivity contribution in [1.82, 2.24) is 15.3 Å². The number of benzene rings is 2. The molecule has 40 heavy (non-hydrogen) atoms. The first-order chi connectivity index (χ1) is 19.0. The van der Waals surface area contributed by atoms with Crippen molar-refractivity contribution in [2.24, 2.45) is 5.73 Å². The zero-order valence-corrected chi connectivity index (χ0v) is 21.8. The second kappa shape index (κ2) is 10.3. The van der Waals surface area contributed by atoms with Gasteiger partial charge in [-0.3, -0.25) is 9.59 Å². The van der Waals surface area contributed by atoms with Gasteiger partial charge in [-0.05, 0) is 37.3 Å². The van der Waals surface area contributed by atoms with E-state index in [9.17, 15) is 27.2 Å². The second-order valence-corrected chi connectivity index (χ2v) is 10.3. The number of halogens is 4. The zero-order valence-electron chi connectivity index (χ0n) is 21.0. The van der Waals surface area contributed by atoms with E-state index in [0.717, 1.165) is 23.8 Å². The molecule has 3 heterocycles. The van der Waals surface area contributed by atoms with Crippen LogP contribution in [0.25, 0.3) is 21.8 Å². The summed E-state index contributed by atoms with van der Waals surface area (Å²) in [7, 11) is 0. The van der Waals surface area contributed by atoms with Gasteiger partial charge in [-0.2, -0.15) is 13.2 Å². The van der Waals surface area contributed by atoms with Gasteiger partial charge >= 0.3 is 6.18 Å². The Morgan fingerprint density at radius 1 is 1.10 bits per heavy atom. The first kappa shape index (κ1) is 27.3. The topological polar surface area (TPSA) is 107 Å². The Morgan fingerprint density at radius 2 is 1.80 bits per heavy atom. The number of carbonyl (C=O) groups excluding carboxylic acids is 2. The number of alkyl halides is 3. The van der Waals surface area contributed by atoms with Gasteiger partial charge in [-0.25, -0.2) is 14.4 Å². The zero-order chi connectivity index (χ0) is 28.7. The van der Waals surface area contributed by atoms with E-state index >= 15 is 0 Å². The standard InChI is InChI=1S/C28H22F4N4O3S/c1-27(26(33)38)14-39-23-18(27)11-20(35-22(23)15-7-9-17(29)10-8-15)19(28(30,31)32)12-34-24(37)21-13-40-25(36-21)16-5-3-2-4-6-16/h2-11,13,19H,12,14H2,1H3,(H2,33,38)(H,34,37)/t19?,27-/m0/s1. The monoisotopic (exact) mass is 570 g/mol. The molecule has 0 aliphatic carbocycles. The summed E-state index contributed by atoms with van der Waals surface area (Å²) < 4.78 is 62.5. The third kappa shape index (κ3) is 5.14. The molecule has 0 fully saturated rings. The van der Waals surface area contributed by atoms with Crippen molar-refractivity contribution in [3.63, 3.8) is 0 Å². The van der Waals surface area contributed by atoms with E-state index in [1.54, 1.807) is 0 Å². The van der Waals surface area contributed by atoms with Crippen LogP contribution in [0.15, 0.2) is 66.0 Å². The summed E-state index contributed by atoms with van der Waals surface area (Å²) in [5.74, 6) is -4.27. The average Bonchev–Trinajstić information content (AvgIpc) is 3.55. The Hall–Kier alpha value is -4.32. The first-order valence-electron chi connectivity index (χ1n) is 12.1. The molecule has 206 valence electrons. The molecule has 0 saturated heterocycles. The van der Waals surface area contributed by atoms with Crippen molar-refractivity contribution < 1.29 is 31.9 Å². The van der Waals surface area contributed by atoms with Gasteiger partial charge in [0, 0.05) is 28.6 Å². The third-order valence-corrected chi connectivity index (χ3v) is 7.62. The number of aromatic nitrogens is 2. The molecule has 3 N–H and O–H groups in total. The average molecular weight is 571 g/mol. The number of nitrogens with zero attached hydrogens (tertiary/aromatic N) is 2. The number of nitrogens with one attached hydrogen (secondary N) is 1. The quantitative estimate of drug-likeness (QED) is 0.296. The SMILES string of the molecule is C[C@]1(C(N)=O)COc2c1cc(C(CNC(=O)c1csc(-c3ccccc3)n1)C(F)(F)F)nc2-c1ccc(F)cc1. The smallest absolute Gasteiger partial charge is 0.398 e. The van der Waals surface area contributed by atoms with Crippen LogP contribution in [0.1, 0.15) is 34.6 Å². The summed E-state index contributed by atoms with van der Waals surface area (Å²) in [4.78, 5) is 33.6. The van der Waals surface area contributed by atoms with E-state index in [2.05, 4.69) is 15.3 Å². The number of ether oxygens (including phenoxy) is 1. The highest BCUT2D eigenvalue weighted by Gasteiger charge is 2.47. The molecule has 2 aromatic heterocycles. The van der Waals surface area contributed by atoms with Crippen LogP contribution < -0.4 is 15.8 Å². The van der Waals surface area contributed by atoms with Gasteiger partial charge in [-0.1, -0.05) is 30.3 Å². The minimum absolute atomic E-state index is 0.00468. The largest absolute Gasteiger partial charge is 0.489 e. The van der Waals surface area contributed by atoms with Crippen LogP contribution in [0.4, 0.5) is 17.6 Å². The number of thiazole rings is 1. The van der Waals surface area contributed by atoms with Crippen molar-refractivity contribution in [3.8, 4) is 27.6 Å². The Morgan fingerprint density at radius 3 is 2.45 bits per heavy atom. The molecule has 1 aliphatic rings. The highest BCUT2D eigenvalue weighted by atomic mass is 32.1. The molecule has 7 nitrogen and oxygen atoms in total.